The van der Waals surface area contributed by atoms with Gasteiger partial charge in [-0.1, -0.05) is 5.16 Å². The van der Waals surface area contributed by atoms with Crippen molar-refractivity contribution in [1.82, 2.24) is 30.1 Å². The number of nitrogens with zero attached hydrogens (tertiary/aromatic N) is 5. The average molecular weight is 397 g/mol. The number of anilines is 1. The Morgan fingerprint density at radius 1 is 1.38 bits per heavy atom. The molecule has 4 rings (SSSR count). The fourth-order valence-corrected chi connectivity index (χ4v) is 4.10. The van der Waals surface area contributed by atoms with Crippen LogP contribution in [0.15, 0.2) is 23.0 Å². The zero-order valence-corrected chi connectivity index (χ0v) is 17.1. The van der Waals surface area contributed by atoms with Gasteiger partial charge in [-0.15, -0.1) is 10.2 Å². The number of carbonyl (C=O) groups is 1. The summed E-state index contributed by atoms with van der Waals surface area (Å²) in [6, 6.07) is 4.07. The van der Waals surface area contributed by atoms with Crippen molar-refractivity contribution in [3.8, 4) is 0 Å². The highest BCUT2D eigenvalue weighted by atomic mass is 16.5. The van der Waals surface area contributed by atoms with Gasteiger partial charge in [0, 0.05) is 36.2 Å². The number of aromatic amines is 1. The number of carbonyl (C=O) groups excluding carboxylic acids is 1. The van der Waals surface area contributed by atoms with E-state index in [1.165, 1.54) is 0 Å². The summed E-state index contributed by atoms with van der Waals surface area (Å²) in [7, 11) is 0. The quantitative estimate of drug-likeness (QED) is 0.633. The van der Waals surface area contributed by atoms with Crippen LogP contribution in [-0.2, 0) is 17.6 Å². The summed E-state index contributed by atoms with van der Waals surface area (Å²) in [6.07, 6.45) is 6.25. The summed E-state index contributed by atoms with van der Waals surface area (Å²) in [4.78, 5) is 12.2. The van der Waals surface area contributed by atoms with Crippen molar-refractivity contribution >= 4 is 11.7 Å². The van der Waals surface area contributed by atoms with Gasteiger partial charge in [0.15, 0.2) is 5.82 Å². The molecule has 0 radical (unpaired) electrons. The Kier molecular flexibility index (Phi) is 5.46. The lowest BCUT2D eigenvalue weighted by atomic mass is 9.99. The molecule has 1 saturated carbocycles. The molecule has 1 fully saturated rings. The number of hydrogen-bond donors (Lipinski definition) is 2. The first-order valence-corrected chi connectivity index (χ1v) is 10.1. The number of H-pyrrole nitrogens is 1. The SMILES string of the molecule is Cc1cc(CC(=O)Nc2cc([C@@H]3CC[C@@H](Cc4nncn4C(C)C)C3)[nH]n2)on1. The van der Waals surface area contributed by atoms with E-state index < -0.39 is 0 Å². The van der Waals surface area contributed by atoms with Crippen molar-refractivity contribution in [2.45, 2.75) is 64.8 Å². The summed E-state index contributed by atoms with van der Waals surface area (Å²) in [5.41, 5.74) is 1.83. The van der Waals surface area contributed by atoms with E-state index in [0.29, 0.717) is 29.5 Å². The fourth-order valence-electron chi connectivity index (χ4n) is 4.10. The molecule has 0 unspecified atom stereocenters. The third-order valence-electron chi connectivity index (χ3n) is 5.53. The minimum Gasteiger partial charge on any atom is -0.361 e. The minimum absolute atomic E-state index is 0.144. The van der Waals surface area contributed by atoms with E-state index in [2.05, 4.69) is 49.3 Å². The molecule has 3 aromatic rings. The van der Waals surface area contributed by atoms with Crippen LogP contribution in [0.5, 0.6) is 0 Å². The Balaban J connectivity index is 1.31. The topological polar surface area (TPSA) is 115 Å². The van der Waals surface area contributed by atoms with E-state index in [1.807, 2.05) is 19.3 Å². The molecule has 3 aromatic heterocycles. The second-order valence-corrected chi connectivity index (χ2v) is 8.20. The fraction of sp³-hybridized carbons (Fsp3) is 0.550. The van der Waals surface area contributed by atoms with Gasteiger partial charge in [-0.05, 0) is 46.0 Å². The van der Waals surface area contributed by atoms with Gasteiger partial charge in [-0.25, -0.2) is 0 Å². The minimum atomic E-state index is -0.170. The van der Waals surface area contributed by atoms with Crippen LogP contribution >= 0.6 is 0 Å². The Bertz CT molecular complexity index is 971. The van der Waals surface area contributed by atoms with E-state index in [1.54, 1.807) is 6.07 Å². The maximum atomic E-state index is 12.2. The van der Waals surface area contributed by atoms with E-state index in [9.17, 15) is 4.79 Å². The smallest absolute Gasteiger partial charge is 0.233 e. The normalized spacial score (nSPS) is 19.2. The largest absolute Gasteiger partial charge is 0.361 e. The lowest BCUT2D eigenvalue weighted by Gasteiger charge is -2.13. The Hall–Kier alpha value is -2.97. The molecule has 2 N–H and O–H groups in total. The highest BCUT2D eigenvalue weighted by Crippen LogP contribution is 2.39. The average Bonchev–Trinajstić information content (AvgIpc) is 3.43. The monoisotopic (exact) mass is 397 g/mol. The number of rotatable bonds is 7. The number of nitrogens with one attached hydrogen (secondary N) is 2. The van der Waals surface area contributed by atoms with Crippen LogP contribution < -0.4 is 5.32 Å². The van der Waals surface area contributed by atoms with Crippen LogP contribution in [-0.4, -0.2) is 36.0 Å². The molecule has 0 aromatic carbocycles. The molecule has 29 heavy (non-hydrogen) atoms. The second-order valence-electron chi connectivity index (χ2n) is 8.20. The van der Waals surface area contributed by atoms with Crippen molar-refractivity contribution in [1.29, 1.82) is 0 Å². The maximum absolute atomic E-state index is 12.2. The zero-order valence-electron chi connectivity index (χ0n) is 17.1. The molecular weight excluding hydrogens is 370 g/mol. The Morgan fingerprint density at radius 3 is 3.00 bits per heavy atom. The molecule has 0 aliphatic heterocycles. The number of aryl methyl sites for hydroxylation is 1. The Labute approximate surface area is 169 Å². The van der Waals surface area contributed by atoms with Gasteiger partial charge in [0.25, 0.3) is 0 Å². The molecule has 0 bridgehead atoms. The Morgan fingerprint density at radius 2 is 2.24 bits per heavy atom. The molecule has 0 spiro atoms. The maximum Gasteiger partial charge on any atom is 0.233 e. The highest BCUT2D eigenvalue weighted by Gasteiger charge is 2.29. The van der Waals surface area contributed by atoms with Crippen LogP contribution in [0.4, 0.5) is 5.82 Å². The predicted molar refractivity (Wildman–Crippen MR) is 106 cm³/mol. The van der Waals surface area contributed by atoms with Crippen LogP contribution in [0.25, 0.3) is 0 Å². The van der Waals surface area contributed by atoms with Crippen LogP contribution in [0.3, 0.4) is 0 Å². The van der Waals surface area contributed by atoms with Gasteiger partial charge in [-0.2, -0.15) is 5.10 Å². The van der Waals surface area contributed by atoms with Crippen molar-refractivity contribution in [3.63, 3.8) is 0 Å². The number of amides is 1. The lowest BCUT2D eigenvalue weighted by molar-refractivity contribution is -0.115. The van der Waals surface area contributed by atoms with E-state index in [0.717, 1.165) is 42.9 Å². The van der Waals surface area contributed by atoms with Gasteiger partial charge in [0.05, 0.1) is 12.1 Å². The number of hydrogen-bond acceptors (Lipinski definition) is 6. The standard InChI is InChI=1S/C20H27N7O2/c1-12(2)27-11-21-25-19(27)8-14-4-5-15(7-14)17-10-18(24-23-17)22-20(28)9-16-6-13(3)26-29-16/h6,10-12,14-15H,4-5,7-9H2,1-3H3,(H2,22,23,24,28)/t14-,15-/m1/s1. The molecule has 3 heterocycles. The third-order valence-corrected chi connectivity index (χ3v) is 5.53. The second kappa shape index (κ2) is 8.18. The molecule has 1 aliphatic carbocycles. The molecule has 2 atom stereocenters. The summed E-state index contributed by atoms with van der Waals surface area (Å²) in [6.45, 7) is 6.12. The van der Waals surface area contributed by atoms with Crippen molar-refractivity contribution in [2.24, 2.45) is 5.92 Å². The van der Waals surface area contributed by atoms with E-state index in [-0.39, 0.29) is 12.3 Å². The lowest BCUT2D eigenvalue weighted by Crippen LogP contribution is -2.14. The van der Waals surface area contributed by atoms with Gasteiger partial charge in [-0.3, -0.25) is 9.89 Å². The molecule has 1 amide bonds. The third kappa shape index (κ3) is 4.55. The summed E-state index contributed by atoms with van der Waals surface area (Å²) in [5, 5.41) is 22.3. The molecule has 9 heteroatoms. The molecule has 9 nitrogen and oxygen atoms in total. The molecule has 154 valence electrons. The van der Waals surface area contributed by atoms with E-state index >= 15 is 0 Å². The summed E-state index contributed by atoms with van der Waals surface area (Å²) in [5.74, 6) is 2.98. The van der Waals surface area contributed by atoms with Crippen molar-refractivity contribution in [3.05, 3.63) is 41.4 Å². The van der Waals surface area contributed by atoms with Crippen molar-refractivity contribution < 1.29 is 9.32 Å². The molecule has 1 aliphatic rings. The molecular formula is C20H27N7O2. The van der Waals surface area contributed by atoms with Crippen LogP contribution in [0.2, 0.25) is 0 Å². The van der Waals surface area contributed by atoms with Gasteiger partial charge < -0.3 is 14.4 Å². The molecule has 0 saturated heterocycles. The van der Waals surface area contributed by atoms with Gasteiger partial charge >= 0.3 is 0 Å². The number of aromatic nitrogens is 6. The first kappa shape index (κ1) is 19.4. The first-order chi connectivity index (χ1) is 14.0. The van der Waals surface area contributed by atoms with Crippen LogP contribution in [0, 0.1) is 12.8 Å². The highest BCUT2D eigenvalue weighted by molar-refractivity contribution is 5.91. The van der Waals surface area contributed by atoms with Gasteiger partial charge in [0.2, 0.25) is 5.91 Å². The van der Waals surface area contributed by atoms with Crippen molar-refractivity contribution in [2.75, 3.05) is 5.32 Å². The van der Waals surface area contributed by atoms with Gasteiger partial charge in [0.1, 0.15) is 17.9 Å². The zero-order chi connectivity index (χ0) is 20.4. The summed E-state index contributed by atoms with van der Waals surface area (Å²) < 4.78 is 7.23. The summed E-state index contributed by atoms with van der Waals surface area (Å²) >= 11 is 0. The van der Waals surface area contributed by atoms with Crippen LogP contribution in [0.1, 0.15) is 68.0 Å². The first-order valence-electron chi connectivity index (χ1n) is 10.1. The van der Waals surface area contributed by atoms with E-state index in [4.69, 9.17) is 4.52 Å². The predicted octanol–water partition coefficient (Wildman–Crippen LogP) is 3.19.